The first-order chi connectivity index (χ1) is 9.69. The lowest BCUT2D eigenvalue weighted by Gasteiger charge is -2.22. The Kier molecular flexibility index (Phi) is 4.21. The zero-order valence-corrected chi connectivity index (χ0v) is 13.9. The van der Waals surface area contributed by atoms with Crippen LogP contribution in [0.5, 0.6) is 0 Å². The monoisotopic (exact) mass is 371 g/mol. The van der Waals surface area contributed by atoms with Crippen molar-refractivity contribution in [3.8, 4) is 9.88 Å². The standard InChI is InChI=1S/C13H14BrN3OS2/c14-8-4-11(19-6-8)12-16-10(7-20-12)13(18)17-3-1-2-9(17)5-15/h4,6-7,9H,1-3,5,15H2. The molecule has 1 saturated heterocycles. The highest BCUT2D eigenvalue weighted by Gasteiger charge is 2.29. The van der Waals surface area contributed by atoms with Crippen LogP contribution in [0.4, 0.5) is 0 Å². The topological polar surface area (TPSA) is 59.2 Å². The summed E-state index contributed by atoms with van der Waals surface area (Å²) in [7, 11) is 0. The van der Waals surface area contributed by atoms with E-state index in [1.54, 1.807) is 11.3 Å². The molecule has 1 atom stereocenters. The van der Waals surface area contributed by atoms with Gasteiger partial charge in [-0.15, -0.1) is 22.7 Å². The van der Waals surface area contributed by atoms with Gasteiger partial charge in [0.25, 0.3) is 5.91 Å². The minimum Gasteiger partial charge on any atom is -0.333 e. The van der Waals surface area contributed by atoms with E-state index in [9.17, 15) is 4.79 Å². The number of hydrogen-bond donors (Lipinski definition) is 1. The largest absolute Gasteiger partial charge is 0.333 e. The molecular formula is C13H14BrN3OS2. The third-order valence-corrected chi connectivity index (χ3v) is 6.11. The third-order valence-electron chi connectivity index (χ3n) is 3.41. The Morgan fingerprint density at radius 1 is 1.50 bits per heavy atom. The molecule has 0 aliphatic carbocycles. The highest BCUT2D eigenvalue weighted by Crippen LogP contribution is 2.32. The number of carbonyl (C=O) groups is 1. The zero-order valence-electron chi connectivity index (χ0n) is 10.7. The molecule has 0 radical (unpaired) electrons. The summed E-state index contributed by atoms with van der Waals surface area (Å²) in [5, 5.41) is 4.76. The van der Waals surface area contributed by atoms with Crippen molar-refractivity contribution >= 4 is 44.5 Å². The predicted molar refractivity (Wildman–Crippen MR) is 86.2 cm³/mol. The van der Waals surface area contributed by atoms with Crippen LogP contribution in [0.2, 0.25) is 0 Å². The summed E-state index contributed by atoms with van der Waals surface area (Å²) in [6, 6.07) is 2.19. The molecule has 20 heavy (non-hydrogen) atoms. The lowest BCUT2D eigenvalue weighted by Crippen LogP contribution is -2.40. The summed E-state index contributed by atoms with van der Waals surface area (Å²) in [6.07, 6.45) is 2.03. The summed E-state index contributed by atoms with van der Waals surface area (Å²) < 4.78 is 1.04. The Labute approximate surface area is 133 Å². The predicted octanol–water partition coefficient (Wildman–Crippen LogP) is 3.20. The number of likely N-dealkylation sites (tertiary alicyclic amines) is 1. The molecule has 3 rings (SSSR count). The minimum absolute atomic E-state index is 0.0103. The first-order valence-electron chi connectivity index (χ1n) is 6.40. The second kappa shape index (κ2) is 5.93. The highest BCUT2D eigenvalue weighted by atomic mass is 79.9. The lowest BCUT2D eigenvalue weighted by molar-refractivity contribution is 0.0736. The maximum Gasteiger partial charge on any atom is 0.273 e. The molecule has 7 heteroatoms. The van der Waals surface area contributed by atoms with Gasteiger partial charge in [0.1, 0.15) is 10.7 Å². The van der Waals surface area contributed by atoms with Gasteiger partial charge in [-0.1, -0.05) is 0 Å². The zero-order chi connectivity index (χ0) is 14.1. The number of aromatic nitrogens is 1. The molecule has 0 bridgehead atoms. The van der Waals surface area contributed by atoms with Crippen molar-refractivity contribution in [1.29, 1.82) is 0 Å². The van der Waals surface area contributed by atoms with E-state index in [2.05, 4.69) is 20.9 Å². The van der Waals surface area contributed by atoms with E-state index >= 15 is 0 Å². The molecule has 0 aromatic carbocycles. The van der Waals surface area contributed by atoms with Crippen LogP contribution < -0.4 is 5.73 Å². The van der Waals surface area contributed by atoms with E-state index in [-0.39, 0.29) is 11.9 Å². The molecule has 0 spiro atoms. The number of amides is 1. The van der Waals surface area contributed by atoms with Crippen molar-refractivity contribution in [2.75, 3.05) is 13.1 Å². The van der Waals surface area contributed by atoms with E-state index in [4.69, 9.17) is 5.73 Å². The van der Waals surface area contributed by atoms with Crippen molar-refractivity contribution in [3.63, 3.8) is 0 Å². The van der Waals surface area contributed by atoms with Crippen LogP contribution in [-0.4, -0.2) is 34.9 Å². The number of thiophene rings is 1. The number of halogens is 1. The van der Waals surface area contributed by atoms with Crippen LogP contribution in [0.15, 0.2) is 21.3 Å². The van der Waals surface area contributed by atoms with Crippen molar-refractivity contribution in [1.82, 2.24) is 9.88 Å². The Balaban J connectivity index is 1.81. The molecule has 1 amide bonds. The van der Waals surface area contributed by atoms with Crippen LogP contribution >= 0.6 is 38.6 Å². The van der Waals surface area contributed by atoms with Crippen molar-refractivity contribution in [2.24, 2.45) is 5.73 Å². The van der Waals surface area contributed by atoms with Gasteiger partial charge < -0.3 is 10.6 Å². The summed E-state index contributed by atoms with van der Waals surface area (Å²) >= 11 is 6.57. The van der Waals surface area contributed by atoms with Crippen LogP contribution in [-0.2, 0) is 0 Å². The maximum atomic E-state index is 12.5. The summed E-state index contributed by atoms with van der Waals surface area (Å²) in [6.45, 7) is 1.32. The van der Waals surface area contributed by atoms with E-state index in [1.165, 1.54) is 11.3 Å². The third kappa shape index (κ3) is 2.67. The molecule has 3 heterocycles. The van der Waals surface area contributed by atoms with Gasteiger partial charge >= 0.3 is 0 Å². The van der Waals surface area contributed by atoms with E-state index in [1.807, 2.05) is 21.7 Å². The number of rotatable bonds is 3. The fourth-order valence-electron chi connectivity index (χ4n) is 2.41. The smallest absolute Gasteiger partial charge is 0.273 e. The first-order valence-corrected chi connectivity index (χ1v) is 8.95. The van der Waals surface area contributed by atoms with Crippen molar-refractivity contribution < 1.29 is 4.79 Å². The summed E-state index contributed by atoms with van der Waals surface area (Å²) in [4.78, 5) is 19.9. The molecule has 2 aromatic heterocycles. The Morgan fingerprint density at radius 2 is 2.35 bits per heavy atom. The van der Waals surface area contributed by atoms with Gasteiger partial charge in [-0.05, 0) is 34.8 Å². The molecule has 1 aliphatic rings. The summed E-state index contributed by atoms with van der Waals surface area (Å²) in [5.74, 6) is 0.0103. The molecule has 0 saturated carbocycles. The van der Waals surface area contributed by atoms with E-state index in [0.717, 1.165) is 33.7 Å². The Morgan fingerprint density at radius 3 is 3.05 bits per heavy atom. The second-order valence-corrected chi connectivity index (χ2v) is 7.38. The fourth-order valence-corrected chi connectivity index (χ4v) is 4.71. The van der Waals surface area contributed by atoms with Crippen LogP contribution in [0.25, 0.3) is 9.88 Å². The number of carbonyl (C=O) groups excluding carboxylic acids is 1. The Bertz CT molecular complexity index is 625. The molecule has 106 valence electrons. The lowest BCUT2D eigenvalue weighted by atomic mass is 10.2. The fraction of sp³-hybridized carbons (Fsp3) is 0.385. The minimum atomic E-state index is 0.0103. The van der Waals surface area contributed by atoms with Crippen LogP contribution in [0, 0.1) is 0 Å². The van der Waals surface area contributed by atoms with Gasteiger partial charge in [-0.3, -0.25) is 4.79 Å². The van der Waals surface area contributed by atoms with Gasteiger partial charge in [0.05, 0.1) is 4.88 Å². The van der Waals surface area contributed by atoms with Crippen molar-refractivity contribution in [2.45, 2.75) is 18.9 Å². The number of nitrogens with two attached hydrogens (primary N) is 1. The van der Waals surface area contributed by atoms with Crippen LogP contribution in [0.3, 0.4) is 0 Å². The number of hydrogen-bond acceptors (Lipinski definition) is 5. The first kappa shape index (κ1) is 14.2. The van der Waals surface area contributed by atoms with Gasteiger partial charge in [0.2, 0.25) is 0 Å². The summed E-state index contributed by atoms with van der Waals surface area (Å²) in [5.41, 5.74) is 6.26. The van der Waals surface area contributed by atoms with Gasteiger partial charge in [0, 0.05) is 34.4 Å². The average molecular weight is 372 g/mol. The normalized spacial score (nSPS) is 18.7. The molecule has 1 unspecified atom stereocenters. The molecule has 1 aliphatic heterocycles. The Hall–Kier alpha value is -0.760. The number of nitrogens with zero attached hydrogens (tertiary/aromatic N) is 2. The second-order valence-electron chi connectivity index (χ2n) is 4.70. The SMILES string of the molecule is NCC1CCCN1C(=O)c1csc(-c2cc(Br)cs2)n1. The number of thiazole rings is 1. The van der Waals surface area contributed by atoms with Gasteiger partial charge in [0.15, 0.2) is 0 Å². The maximum absolute atomic E-state index is 12.5. The highest BCUT2D eigenvalue weighted by molar-refractivity contribution is 9.10. The van der Waals surface area contributed by atoms with E-state index < -0.39 is 0 Å². The molecule has 2 aromatic rings. The van der Waals surface area contributed by atoms with Crippen LogP contribution in [0.1, 0.15) is 23.3 Å². The quantitative estimate of drug-likeness (QED) is 0.900. The molecule has 2 N–H and O–H groups in total. The van der Waals surface area contributed by atoms with Gasteiger partial charge in [-0.25, -0.2) is 4.98 Å². The molecule has 1 fully saturated rings. The average Bonchev–Trinajstić information content (AvgIpc) is 3.17. The molecular weight excluding hydrogens is 358 g/mol. The van der Waals surface area contributed by atoms with Gasteiger partial charge in [-0.2, -0.15) is 0 Å². The van der Waals surface area contributed by atoms with Crippen molar-refractivity contribution in [3.05, 3.63) is 27.0 Å². The molecule has 4 nitrogen and oxygen atoms in total. The van der Waals surface area contributed by atoms with E-state index in [0.29, 0.717) is 12.2 Å².